The molecule has 0 fully saturated rings. The van der Waals surface area contributed by atoms with Crippen LogP contribution in [0, 0.1) is 0 Å². The van der Waals surface area contributed by atoms with Gasteiger partial charge in [-0.15, -0.1) is 0 Å². The van der Waals surface area contributed by atoms with Crippen molar-refractivity contribution < 1.29 is 9.53 Å². The Labute approximate surface area is 91.0 Å². The molecule has 1 N–H and O–H groups in total. The summed E-state index contributed by atoms with van der Waals surface area (Å²) in [6, 6.07) is 0.252. The summed E-state index contributed by atoms with van der Waals surface area (Å²) in [6.45, 7) is 6.83. The molecule has 4 heteroatoms. The first-order valence-electron chi connectivity index (χ1n) is 5.15. The number of hydrogen-bond acceptors (Lipinski definition) is 3. The molecule has 0 aromatic heterocycles. The summed E-state index contributed by atoms with van der Waals surface area (Å²) in [5.74, 6) is 2.23. The van der Waals surface area contributed by atoms with Crippen molar-refractivity contribution in [3.63, 3.8) is 0 Å². The van der Waals surface area contributed by atoms with Crippen LogP contribution in [-0.2, 0) is 9.53 Å². The first kappa shape index (κ1) is 13.8. The van der Waals surface area contributed by atoms with E-state index in [9.17, 15) is 4.79 Å². The molecule has 0 spiro atoms. The van der Waals surface area contributed by atoms with Gasteiger partial charge in [0.2, 0.25) is 5.91 Å². The number of rotatable bonds is 8. The molecule has 1 amide bonds. The molecular weight excluding hydrogens is 198 g/mol. The maximum Gasteiger partial charge on any atom is 0.246 e. The van der Waals surface area contributed by atoms with E-state index < -0.39 is 0 Å². The van der Waals surface area contributed by atoms with Gasteiger partial charge in [0.1, 0.15) is 6.61 Å². The van der Waals surface area contributed by atoms with Crippen LogP contribution < -0.4 is 5.32 Å². The van der Waals surface area contributed by atoms with Gasteiger partial charge in [-0.25, -0.2) is 0 Å². The van der Waals surface area contributed by atoms with E-state index in [1.54, 1.807) is 0 Å². The number of nitrogens with one attached hydrogen (secondary N) is 1. The lowest BCUT2D eigenvalue weighted by Crippen LogP contribution is -2.35. The Kier molecular flexibility index (Phi) is 9.19. The Morgan fingerprint density at radius 1 is 1.50 bits per heavy atom. The quantitative estimate of drug-likeness (QED) is 0.631. The van der Waals surface area contributed by atoms with E-state index in [4.69, 9.17) is 4.74 Å². The molecule has 84 valence electrons. The van der Waals surface area contributed by atoms with Crippen LogP contribution in [0.2, 0.25) is 0 Å². The zero-order chi connectivity index (χ0) is 10.8. The fraction of sp³-hybridized carbons (Fsp3) is 0.900. The van der Waals surface area contributed by atoms with Gasteiger partial charge >= 0.3 is 0 Å². The highest BCUT2D eigenvalue weighted by atomic mass is 32.2. The van der Waals surface area contributed by atoms with Gasteiger partial charge in [-0.1, -0.05) is 6.92 Å². The fourth-order valence-electron chi connectivity index (χ4n) is 0.988. The summed E-state index contributed by atoms with van der Waals surface area (Å²) in [7, 11) is 0. The molecular formula is C10H21NO2S. The Bertz CT molecular complexity index is 153. The summed E-state index contributed by atoms with van der Waals surface area (Å²) in [5.41, 5.74) is 0. The highest BCUT2D eigenvalue weighted by molar-refractivity contribution is 7.99. The molecule has 0 bridgehead atoms. The van der Waals surface area contributed by atoms with Crippen LogP contribution in [0.5, 0.6) is 0 Å². The smallest absolute Gasteiger partial charge is 0.246 e. The molecule has 0 aliphatic carbocycles. The molecule has 0 saturated heterocycles. The Morgan fingerprint density at radius 3 is 2.79 bits per heavy atom. The van der Waals surface area contributed by atoms with Gasteiger partial charge in [0, 0.05) is 12.6 Å². The van der Waals surface area contributed by atoms with Gasteiger partial charge in [-0.3, -0.25) is 4.79 Å². The second kappa shape index (κ2) is 9.34. The normalized spacial score (nSPS) is 12.5. The minimum absolute atomic E-state index is 0.0131. The largest absolute Gasteiger partial charge is 0.372 e. The molecule has 0 aromatic carbocycles. The molecule has 0 heterocycles. The van der Waals surface area contributed by atoms with Crippen LogP contribution in [0.4, 0.5) is 0 Å². The van der Waals surface area contributed by atoms with Crippen LogP contribution in [0.3, 0.4) is 0 Å². The van der Waals surface area contributed by atoms with Crippen LogP contribution in [0.25, 0.3) is 0 Å². The number of carbonyl (C=O) groups is 1. The van der Waals surface area contributed by atoms with E-state index in [0.717, 1.165) is 17.9 Å². The average molecular weight is 219 g/mol. The average Bonchev–Trinajstić information content (AvgIpc) is 2.15. The van der Waals surface area contributed by atoms with E-state index in [1.165, 1.54) is 0 Å². The van der Waals surface area contributed by atoms with Gasteiger partial charge in [0.25, 0.3) is 0 Å². The number of thioether (sulfide) groups is 1. The number of carbonyl (C=O) groups excluding carboxylic acids is 1. The van der Waals surface area contributed by atoms with Gasteiger partial charge < -0.3 is 10.1 Å². The minimum atomic E-state index is -0.0131. The molecule has 0 rings (SSSR count). The van der Waals surface area contributed by atoms with Crippen molar-refractivity contribution in [3.8, 4) is 0 Å². The molecule has 1 unspecified atom stereocenters. The van der Waals surface area contributed by atoms with Gasteiger partial charge in [-0.05, 0) is 31.8 Å². The summed E-state index contributed by atoms with van der Waals surface area (Å²) < 4.78 is 5.00. The lowest BCUT2D eigenvalue weighted by molar-refractivity contribution is -0.126. The van der Waals surface area contributed by atoms with Crippen molar-refractivity contribution in [1.82, 2.24) is 5.32 Å². The summed E-state index contributed by atoms with van der Waals surface area (Å²) in [5, 5.41) is 2.90. The fourth-order valence-corrected chi connectivity index (χ4v) is 1.80. The Morgan fingerprint density at radius 2 is 2.21 bits per heavy atom. The Hall–Kier alpha value is -0.220. The molecule has 0 saturated carbocycles. The first-order chi connectivity index (χ1) is 6.70. The topological polar surface area (TPSA) is 38.3 Å². The van der Waals surface area contributed by atoms with Crippen molar-refractivity contribution in [2.75, 3.05) is 24.7 Å². The third-order valence-corrected chi connectivity index (χ3v) is 2.68. The van der Waals surface area contributed by atoms with Crippen molar-refractivity contribution >= 4 is 17.7 Å². The molecule has 0 radical (unpaired) electrons. The van der Waals surface area contributed by atoms with Crippen LogP contribution in [0.1, 0.15) is 27.2 Å². The highest BCUT2D eigenvalue weighted by Gasteiger charge is 2.06. The number of hydrogen-bond donors (Lipinski definition) is 1. The van der Waals surface area contributed by atoms with Crippen LogP contribution in [0.15, 0.2) is 0 Å². The Balaban J connectivity index is 3.40. The third-order valence-electron chi connectivity index (χ3n) is 1.74. The SMILES string of the molecule is CCOCC(=O)NC(C)CCSCC. The molecule has 0 aliphatic heterocycles. The lowest BCUT2D eigenvalue weighted by Gasteiger charge is -2.13. The van der Waals surface area contributed by atoms with E-state index >= 15 is 0 Å². The monoisotopic (exact) mass is 219 g/mol. The first-order valence-corrected chi connectivity index (χ1v) is 6.31. The molecule has 3 nitrogen and oxygen atoms in total. The van der Waals surface area contributed by atoms with E-state index in [2.05, 4.69) is 12.2 Å². The molecule has 1 atom stereocenters. The van der Waals surface area contributed by atoms with Crippen molar-refractivity contribution in [1.29, 1.82) is 0 Å². The van der Waals surface area contributed by atoms with Crippen LogP contribution >= 0.6 is 11.8 Å². The predicted octanol–water partition coefficient (Wildman–Crippen LogP) is 1.67. The maximum absolute atomic E-state index is 11.2. The van der Waals surface area contributed by atoms with E-state index in [0.29, 0.717) is 6.61 Å². The highest BCUT2D eigenvalue weighted by Crippen LogP contribution is 2.03. The van der Waals surface area contributed by atoms with Gasteiger partial charge in [-0.2, -0.15) is 11.8 Å². The second-order valence-corrected chi connectivity index (χ2v) is 4.49. The van der Waals surface area contributed by atoms with Crippen molar-refractivity contribution in [3.05, 3.63) is 0 Å². The number of amides is 1. The zero-order valence-electron chi connectivity index (χ0n) is 9.34. The molecule has 0 aliphatic rings. The maximum atomic E-state index is 11.2. The van der Waals surface area contributed by atoms with Gasteiger partial charge in [0.15, 0.2) is 0 Å². The standard InChI is InChI=1S/C10H21NO2S/c1-4-13-8-10(12)11-9(3)6-7-14-5-2/h9H,4-8H2,1-3H3,(H,11,12). The van der Waals surface area contributed by atoms with Crippen LogP contribution in [-0.4, -0.2) is 36.7 Å². The predicted molar refractivity (Wildman–Crippen MR) is 61.7 cm³/mol. The minimum Gasteiger partial charge on any atom is -0.372 e. The van der Waals surface area contributed by atoms with Crippen molar-refractivity contribution in [2.24, 2.45) is 0 Å². The van der Waals surface area contributed by atoms with E-state index in [-0.39, 0.29) is 18.6 Å². The lowest BCUT2D eigenvalue weighted by atomic mass is 10.2. The third kappa shape index (κ3) is 8.38. The summed E-state index contributed by atoms with van der Waals surface area (Å²) >= 11 is 1.90. The summed E-state index contributed by atoms with van der Waals surface area (Å²) in [4.78, 5) is 11.2. The second-order valence-electron chi connectivity index (χ2n) is 3.09. The van der Waals surface area contributed by atoms with E-state index in [1.807, 2.05) is 25.6 Å². The number of ether oxygens (including phenoxy) is 1. The molecule has 14 heavy (non-hydrogen) atoms. The van der Waals surface area contributed by atoms with Crippen molar-refractivity contribution in [2.45, 2.75) is 33.2 Å². The molecule has 0 aromatic rings. The summed E-state index contributed by atoms with van der Waals surface area (Å²) in [6.07, 6.45) is 1.02. The zero-order valence-corrected chi connectivity index (χ0v) is 10.2. The van der Waals surface area contributed by atoms with Gasteiger partial charge in [0.05, 0.1) is 0 Å².